The summed E-state index contributed by atoms with van der Waals surface area (Å²) < 4.78 is 41.1. The summed E-state index contributed by atoms with van der Waals surface area (Å²) >= 11 is 6.15. The van der Waals surface area contributed by atoms with Gasteiger partial charge in [-0.25, -0.2) is 12.8 Å². The Kier molecular flexibility index (Phi) is 6.37. The summed E-state index contributed by atoms with van der Waals surface area (Å²) in [7, 11) is -3.79. The molecule has 1 N–H and O–H groups in total. The van der Waals surface area contributed by atoms with Crippen molar-refractivity contribution in [1.29, 1.82) is 0 Å². The molecule has 1 aliphatic rings. The van der Waals surface area contributed by atoms with E-state index in [0.717, 1.165) is 12.8 Å². The molecule has 2 aromatic rings. The third kappa shape index (κ3) is 4.54. The van der Waals surface area contributed by atoms with Gasteiger partial charge in [0.25, 0.3) is 5.91 Å². The van der Waals surface area contributed by atoms with Crippen LogP contribution in [0, 0.1) is 11.7 Å². The highest BCUT2D eigenvalue weighted by Crippen LogP contribution is 2.29. The zero-order valence-electron chi connectivity index (χ0n) is 15.5. The van der Waals surface area contributed by atoms with Crippen molar-refractivity contribution in [2.24, 2.45) is 5.92 Å². The smallest absolute Gasteiger partial charge is 0.251 e. The van der Waals surface area contributed by atoms with Crippen LogP contribution in [0.1, 0.15) is 35.7 Å². The molecule has 1 heterocycles. The topological polar surface area (TPSA) is 66.5 Å². The number of hydrogen-bond donors (Lipinski definition) is 1. The molecule has 2 aromatic carbocycles. The Hall–Kier alpha value is -1.96. The molecule has 0 bridgehead atoms. The van der Waals surface area contributed by atoms with Crippen molar-refractivity contribution in [1.82, 2.24) is 9.62 Å². The zero-order chi connectivity index (χ0) is 20.3. The van der Waals surface area contributed by atoms with Crippen molar-refractivity contribution < 1.29 is 17.6 Å². The molecule has 0 radical (unpaired) electrons. The van der Waals surface area contributed by atoms with Crippen LogP contribution in [-0.2, 0) is 16.6 Å². The molecule has 0 aliphatic carbocycles. The minimum atomic E-state index is -3.79. The van der Waals surface area contributed by atoms with Gasteiger partial charge in [-0.05, 0) is 43.0 Å². The predicted octanol–water partition coefficient (Wildman–Crippen LogP) is 3.83. The average Bonchev–Trinajstić information content (AvgIpc) is 2.67. The average molecular weight is 425 g/mol. The lowest BCUT2D eigenvalue weighted by Gasteiger charge is -2.30. The molecule has 0 spiro atoms. The van der Waals surface area contributed by atoms with E-state index in [0.29, 0.717) is 18.7 Å². The van der Waals surface area contributed by atoms with Gasteiger partial charge < -0.3 is 5.32 Å². The van der Waals surface area contributed by atoms with E-state index >= 15 is 0 Å². The summed E-state index contributed by atoms with van der Waals surface area (Å²) in [6.45, 7) is 2.88. The first kappa shape index (κ1) is 20.8. The van der Waals surface area contributed by atoms with Crippen LogP contribution in [0.5, 0.6) is 0 Å². The normalized spacial score (nSPS) is 18.0. The first-order valence-electron chi connectivity index (χ1n) is 9.10. The molecule has 1 atom stereocenters. The predicted molar refractivity (Wildman–Crippen MR) is 106 cm³/mol. The summed E-state index contributed by atoms with van der Waals surface area (Å²) in [5.74, 6) is -0.640. The molecule has 150 valence electrons. The van der Waals surface area contributed by atoms with Crippen LogP contribution in [0.15, 0.2) is 47.4 Å². The van der Waals surface area contributed by atoms with Crippen molar-refractivity contribution in [3.8, 4) is 0 Å². The molecule has 1 amide bonds. The monoisotopic (exact) mass is 424 g/mol. The standard InChI is InChI=1S/C20H22ClFN2O3S/c1-14-5-4-10-24(13-14)28(26,27)19-11-15(8-9-17(19)21)20(25)23-12-16-6-2-3-7-18(16)22/h2-3,6-9,11,14H,4-5,10,12-13H2,1H3,(H,23,25)/t14-/m0/s1. The second-order valence-corrected chi connectivity index (χ2v) is 9.34. The molecule has 28 heavy (non-hydrogen) atoms. The fourth-order valence-electron chi connectivity index (χ4n) is 3.27. The van der Waals surface area contributed by atoms with Gasteiger partial charge in [0.15, 0.2) is 0 Å². The van der Waals surface area contributed by atoms with E-state index in [1.54, 1.807) is 18.2 Å². The van der Waals surface area contributed by atoms with Crippen LogP contribution in [0.2, 0.25) is 5.02 Å². The fourth-order valence-corrected chi connectivity index (χ4v) is 5.36. The lowest BCUT2D eigenvalue weighted by atomic mass is 10.0. The fraction of sp³-hybridized carbons (Fsp3) is 0.350. The number of rotatable bonds is 5. The maximum absolute atomic E-state index is 13.7. The van der Waals surface area contributed by atoms with Crippen LogP contribution in [0.4, 0.5) is 4.39 Å². The van der Waals surface area contributed by atoms with E-state index in [-0.39, 0.29) is 27.9 Å². The highest BCUT2D eigenvalue weighted by Gasteiger charge is 2.30. The highest BCUT2D eigenvalue weighted by atomic mass is 35.5. The van der Waals surface area contributed by atoms with Gasteiger partial charge in [0.1, 0.15) is 10.7 Å². The number of sulfonamides is 1. The van der Waals surface area contributed by atoms with Gasteiger partial charge in [-0.1, -0.05) is 36.7 Å². The summed E-state index contributed by atoms with van der Waals surface area (Å²) in [4.78, 5) is 12.4. The number of amides is 1. The number of hydrogen-bond acceptors (Lipinski definition) is 3. The van der Waals surface area contributed by atoms with Crippen molar-refractivity contribution in [3.63, 3.8) is 0 Å². The highest BCUT2D eigenvalue weighted by molar-refractivity contribution is 7.89. The summed E-state index contributed by atoms with van der Waals surface area (Å²) in [5.41, 5.74) is 0.504. The Bertz CT molecular complexity index is 981. The number of carbonyl (C=O) groups is 1. The van der Waals surface area contributed by atoms with Crippen LogP contribution in [0.3, 0.4) is 0 Å². The third-order valence-electron chi connectivity index (χ3n) is 4.83. The van der Waals surface area contributed by atoms with Crippen molar-refractivity contribution in [2.75, 3.05) is 13.1 Å². The SMILES string of the molecule is C[C@H]1CCCN(S(=O)(=O)c2cc(C(=O)NCc3ccccc3F)ccc2Cl)C1. The van der Waals surface area contributed by atoms with Crippen LogP contribution < -0.4 is 5.32 Å². The minimum absolute atomic E-state index is 0.000143. The molecule has 1 saturated heterocycles. The first-order valence-corrected chi connectivity index (χ1v) is 10.9. The molecule has 0 aromatic heterocycles. The lowest BCUT2D eigenvalue weighted by molar-refractivity contribution is 0.0950. The van der Waals surface area contributed by atoms with Crippen molar-refractivity contribution in [3.05, 3.63) is 64.4 Å². The van der Waals surface area contributed by atoms with E-state index in [1.165, 1.54) is 28.6 Å². The maximum atomic E-state index is 13.7. The van der Waals surface area contributed by atoms with Gasteiger partial charge in [0, 0.05) is 30.8 Å². The Morgan fingerprint density at radius 1 is 1.29 bits per heavy atom. The quantitative estimate of drug-likeness (QED) is 0.793. The lowest BCUT2D eigenvalue weighted by Crippen LogP contribution is -2.39. The Labute approximate surface area is 169 Å². The number of piperidine rings is 1. The molecule has 0 unspecified atom stereocenters. The summed E-state index contributed by atoms with van der Waals surface area (Å²) in [5, 5.41) is 2.68. The molecule has 1 aliphatic heterocycles. The third-order valence-corrected chi connectivity index (χ3v) is 7.17. The van der Waals surface area contributed by atoms with Gasteiger partial charge in [0.2, 0.25) is 10.0 Å². The van der Waals surface area contributed by atoms with E-state index in [4.69, 9.17) is 11.6 Å². The number of carbonyl (C=O) groups excluding carboxylic acids is 1. The maximum Gasteiger partial charge on any atom is 0.251 e. The number of benzene rings is 2. The summed E-state index contributed by atoms with van der Waals surface area (Å²) in [6.07, 6.45) is 1.78. The van der Waals surface area contributed by atoms with Gasteiger partial charge in [-0.3, -0.25) is 4.79 Å². The van der Waals surface area contributed by atoms with Crippen LogP contribution >= 0.6 is 11.6 Å². The second-order valence-electron chi connectivity index (χ2n) is 7.03. The van der Waals surface area contributed by atoms with E-state index in [9.17, 15) is 17.6 Å². The van der Waals surface area contributed by atoms with Crippen molar-refractivity contribution in [2.45, 2.75) is 31.2 Å². The van der Waals surface area contributed by atoms with Gasteiger partial charge >= 0.3 is 0 Å². The minimum Gasteiger partial charge on any atom is -0.348 e. The molecule has 8 heteroatoms. The second kappa shape index (κ2) is 8.59. The Balaban J connectivity index is 1.80. The molecule has 0 saturated carbocycles. The molecule has 3 rings (SSSR count). The summed E-state index contributed by atoms with van der Waals surface area (Å²) in [6, 6.07) is 10.3. The first-order chi connectivity index (χ1) is 13.3. The van der Waals surface area contributed by atoms with Crippen LogP contribution in [0.25, 0.3) is 0 Å². The molecule has 1 fully saturated rings. The molecular formula is C20H22ClFN2O3S. The van der Waals surface area contributed by atoms with E-state index < -0.39 is 21.7 Å². The van der Waals surface area contributed by atoms with Gasteiger partial charge in [-0.15, -0.1) is 0 Å². The zero-order valence-corrected chi connectivity index (χ0v) is 17.1. The number of halogens is 2. The largest absolute Gasteiger partial charge is 0.348 e. The molecule has 5 nitrogen and oxygen atoms in total. The van der Waals surface area contributed by atoms with Gasteiger partial charge in [0.05, 0.1) is 5.02 Å². The van der Waals surface area contributed by atoms with Crippen molar-refractivity contribution >= 4 is 27.5 Å². The number of nitrogens with one attached hydrogen (secondary N) is 1. The Morgan fingerprint density at radius 2 is 2.04 bits per heavy atom. The Morgan fingerprint density at radius 3 is 2.75 bits per heavy atom. The van der Waals surface area contributed by atoms with E-state index in [2.05, 4.69) is 5.32 Å². The number of nitrogens with zero attached hydrogens (tertiary/aromatic N) is 1. The van der Waals surface area contributed by atoms with Crippen LogP contribution in [-0.4, -0.2) is 31.7 Å². The molecular weight excluding hydrogens is 403 g/mol. The van der Waals surface area contributed by atoms with E-state index in [1.807, 2.05) is 6.92 Å². The van der Waals surface area contributed by atoms with Gasteiger partial charge in [-0.2, -0.15) is 4.31 Å².